The minimum absolute atomic E-state index is 0.0998. The van der Waals surface area contributed by atoms with E-state index in [4.69, 9.17) is 0 Å². The predicted octanol–water partition coefficient (Wildman–Crippen LogP) is 2.32. The van der Waals surface area contributed by atoms with E-state index in [0.29, 0.717) is 25.9 Å². The molecule has 25 heavy (non-hydrogen) atoms. The number of likely N-dealkylation sites (tertiary alicyclic amines) is 1. The molecule has 2 aromatic rings. The summed E-state index contributed by atoms with van der Waals surface area (Å²) in [5, 5.41) is 17.1. The number of aliphatic hydroxyl groups is 1. The highest BCUT2D eigenvalue weighted by Crippen LogP contribution is 2.23. The van der Waals surface area contributed by atoms with E-state index in [1.54, 1.807) is 23.2 Å². The van der Waals surface area contributed by atoms with Crippen LogP contribution in [-0.4, -0.2) is 45.3 Å². The van der Waals surface area contributed by atoms with E-state index in [1.165, 1.54) is 12.1 Å². The van der Waals surface area contributed by atoms with Crippen molar-refractivity contribution in [2.45, 2.75) is 38.2 Å². The fourth-order valence-corrected chi connectivity index (χ4v) is 3.38. The molecule has 1 amide bonds. The fraction of sp³-hybridized carbons (Fsp3) is 0.474. The van der Waals surface area contributed by atoms with Crippen LogP contribution >= 0.6 is 0 Å². The van der Waals surface area contributed by atoms with Gasteiger partial charge < -0.3 is 10.0 Å². The van der Waals surface area contributed by atoms with Crippen molar-refractivity contribution in [3.63, 3.8) is 0 Å². The lowest BCUT2D eigenvalue weighted by Crippen LogP contribution is -2.47. The van der Waals surface area contributed by atoms with Gasteiger partial charge >= 0.3 is 0 Å². The Balaban J connectivity index is 1.44. The van der Waals surface area contributed by atoms with Gasteiger partial charge in [-0.25, -0.2) is 4.39 Å². The number of piperidine rings is 1. The van der Waals surface area contributed by atoms with Gasteiger partial charge in [-0.3, -0.25) is 9.89 Å². The topological polar surface area (TPSA) is 69.2 Å². The Kier molecular flexibility index (Phi) is 5.81. The molecule has 0 spiro atoms. The number of carbonyl (C=O) groups is 1. The highest BCUT2D eigenvalue weighted by molar-refractivity contribution is 5.76. The number of hydrogen-bond donors (Lipinski definition) is 2. The van der Waals surface area contributed by atoms with Crippen LogP contribution in [0.4, 0.5) is 4.39 Å². The van der Waals surface area contributed by atoms with Crippen molar-refractivity contribution in [3.8, 4) is 0 Å². The number of nitrogens with one attached hydrogen (secondary N) is 1. The van der Waals surface area contributed by atoms with Crippen LogP contribution in [0.25, 0.3) is 0 Å². The maximum Gasteiger partial charge on any atom is 0.222 e. The zero-order valence-corrected chi connectivity index (χ0v) is 14.2. The normalized spacial score (nSPS) is 20.6. The Bertz CT molecular complexity index is 672. The molecule has 3 rings (SSSR count). The minimum atomic E-state index is -0.531. The molecule has 2 heterocycles. The number of carbonyl (C=O) groups excluding carboxylic acids is 1. The van der Waals surface area contributed by atoms with E-state index in [-0.39, 0.29) is 17.6 Å². The Labute approximate surface area is 146 Å². The lowest BCUT2D eigenvalue weighted by Gasteiger charge is -2.36. The van der Waals surface area contributed by atoms with E-state index in [2.05, 4.69) is 10.2 Å². The van der Waals surface area contributed by atoms with E-state index in [1.807, 2.05) is 6.20 Å². The third kappa shape index (κ3) is 4.89. The van der Waals surface area contributed by atoms with Crippen molar-refractivity contribution in [1.82, 2.24) is 15.1 Å². The van der Waals surface area contributed by atoms with Gasteiger partial charge in [-0.1, -0.05) is 12.1 Å². The molecule has 2 N–H and O–H groups in total. The average molecular weight is 345 g/mol. The Morgan fingerprint density at radius 1 is 1.32 bits per heavy atom. The van der Waals surface area contributed by atoms with Crippen molar-refractivity contribution in [2.75, 3.05) is 13.1 Å². The molecule has 1 aromatic carbocycles. The zero-order chi connectivity index (χ0) is 17.6. The lowest BCUT2D eigenvalue weighted by atomic mass is 9.87. The van der Waals surface area contributed by atoms with Crippen molar-refractivity contribution in [1.29, 1.82) is 0 Å². The largest absolute Gasteiger partial charge is 0.391 e. The Hall–Kier alpha value is -2.21. The van der Waals surface area contributed by atoms with E-state index in [0.717, 1.165) is 30.4 Å². The number of aromatic nitrogens is 2. The molecule has 134 valence electrons. The van der Waals surface area contributed by atoms with Crippen LogP contribution in [0.3, 0.4) is 0 Å². The summed E-state index contributed by atoms with van der Waals surface area (Å²) in [7, 11) is 0. The second-order valence-electron chi connectivity index (χ2n) is 6.75. The first-order valence-electron chi connectivity index (χ1n) is 8.80. The average Bonchev–Trinajstić information content (AvgIpc) is 3.12. The van der Waals surface area contributed by atoms with E-state index < -0.39 is 6.10 Å². The maximum atomic E-state index is 13.0. The van der Waals surface area contributed by atoms with Crippen LogP contribution in [0.2, 0.25) is 0 Å². The first kappa shape index (κ1) is 17.6. The highest BCUT2D eigenvalue weighted by Gasteiger charge is 2.29. The van der Waals surface area contributed by atoms with Gasteiger partial charge in [-0.2, -0.15) is 5.10 Å². The van der Waals surface area contributed by atoms with Crippen LogP contribution in [-0.2, 0) is 17.6 Å². The van der Waals surface area contributed by atoms with Crippen LogP contribution in [0.1, 0.15) is 30.4 Å². The number of H-pyrrole nitrogens is 1. The molecule has 2 atom stereocenters. The number of amides is 1. The second kappa shape index (κ2) is 8.25. The standard InChI is InChI=1S/C19H24FN3O2/c20-17-6-4-14(5-7-17)10-16-8-9-23(13-18(16)24)19(25)3-1-2-15-11-21-22-12-15/h4-7,11-12,16,18,24H,1-3,8-10,13H2,(H,21,22)/t16-,18+/m1/s1. The quantitative estimate of drug-likeness (QED) is 0.844. The van der Waals surface area contributed by atoms with Gasteiger partial charge in [0.15, 0.2) is 0 Å². The summed E-state index contributed by atoms with van der Waals surface area (Å²) in [4.78, 5) is 14.1. The monoisotopic (exact) mass is 345 g/mol. The van der Waals surface area contributed by atoms with E-state index in [9.17, 15) is 14.3 Å². The number of rotatable bonds is 6. The molecule has 0 unspecified atom stereocenters. The molecule has 6 heteroatoms. The van der Waals surface area contributed by atoms with Gasteiger partial charge in [0, 0.05) is 25.7 Å². The summed E-state index contributed by atoms with van der Waals surface area (Å²) >= 11 is 0. The molecular weight excluding hydrogens is 321 g/mol. The molecule has 1 aliphatic heterocycles. The fourth-order valence-electron chi connectivity index (χ4n) is 3.38. The number of hydrogen-bond acceptors (Lipinski definition) is 3. The SMILES string of the molecule is O=C(CCCc1cn[nH]c1)N1CC[C@H](Cc2ccc(F)cc2)[C@@H](O)C1. The van der Waals surface area contributed by atoms with Gasteiger partial charge in [0.25, 0.3) is 0 Å². The molecule has 1 saturated heterocycles. The summed E-state index contributed by atoms with van der Waals surface area (Å²) in [6.45, 7) is 1.06. The third-order valence-corrected chi connectivity index (χ3v) is 4.90. The summed E-state index contributed by atoms with van der Waals surface area (Å²) < 4.78 is 13.0. The first-order valence-corrected chi connectivity index (χ1v) is 8.80. The van der Waals surface area contributed by atoms with Gasteiger partial charge in [0.2, 0.25) is 5.91 Å². The van der Waals surface area contributed by atoms with Crippen molar-refractivity contribution >= 4 is 5.91 Å². The van der Waals surface area contributed by atoms with E-state index >= 15 is 0 Å². The number of aromatic amines is 1. The molecule has 1 aromatic heterocycles. The molecule has 1 aliphatic rings. The third-order valence-electron chi connectivity index (χ3n) is 4.90. The summed E-state index contributed by atoms with van der Waals surface area (Å²) in [5.41, 5.74) is 2.12. The molecule has 0 aliphatic carbocycles. The zero-order valence-electron chi connectivity index (χ0n) is 14.2. The maximum absolute atomic E-state index is 13.0. The minimum Gasteiger partial charge on any atom is -0.391 e. The number of β-amino-alcohol motifs (C(OH)–C–C–N with tert-alkyl or cyclic N) is 1. The van der Waals surface area contributed by atoms with Gasteiger partial charge in [-0.15, -0.1) is 0 Å². The number of nitrogens with zero attached hydrogens (tertiary/aromatic N) is 2. The Morgan fingerprint density at radius 2 is 2.12 bits per heavy atom. The second-order valence-corrected chi connectivity index (χ2v) is 6.75. The van der Waals surface area contributed by atoms with Gasteiger partial charge in [-0.05, 0) is 54.9 Å². The van der Waals surface area contributed by atoms with Crippen LogP contribution in [0.5, 0.6) is 0 Å². The van der Waals surface area contributed by atoms with Gasteiger partial charge in [0.05, 0.1) is 12.3 Å². The summed E-state index contributed by atoms with van der Waals surface area (Å²) in [5.74, 6) is -0.0386. The molecule has 0 bridgehead atoms. The molecule has 5 nitrogen and oxygen atoms in total. The van der Waals surface area contributed by atoms with Crippen molar-refractivity contribution < 1.29 is 14.3 Å². The summed E-state index contributed by atoms with van der Waals surface area (Å²) in [6.07, 6.45) is 6.66. The van der Waals surface area contributed by atoms with Crippen LogP contribution in [0.15, 0.2) is 36.7 Å². The van der Waals surface area contributed by atoms with Crippen molar-refractivity contribution in [3.05, 3.63) is 53.6 Å². The van der Waals surface area contributed by atoms with Gasteiger partial charge in [0.1, 0.15) is 5.82 Å². The molecular formula is C19H24FN3O2. The van der Waals surface area contributed by atoms with Crippen LogP contribution in [0, 0.1) is 11.7 Å². The first-order chi connectivity index (χ1) is 12.1. The Morgan fingerprint density at radius 3 is 2.80 bits per heavy atom. The van der Waals surface area contributed by atoms with Crippen molar-refractivity contribution in [2.24, 2.45) is 5.92 Å². The lowest BCUT2D eigenvalue weighted by molar-refractivity contribution is -0.135. The smallest absolute Gasteiger partial charge is 0.222 e. The van der Waals surface area contributed by atoms with Crippen LogP contribution < -0.4 is 0 Å². The molecule has 0 radical (unpaired) electrons. The number of aryl methyl sites for hydroxylation is 1. The highest BCUT2D eigenvalue weighted by atomic mass is 19.1. The number of benzene rings is 1. The summed E-state index contributed by atoms with van der Waals surface area (Å²) in [6, 6.07) is 6.41. The molecule has 1 fully saturated rings. The number of halogens is 1. The number of aliphatic hydroxyl groups excluding tert-OH is 1. The molecule has 0 saturated carbocycles. The predicted molar refractivity (Wildman–Crippen MR) is 92.3 cm³/mol.